The van der Waals surface area contributed by atoms with Crippen LogP contribution in [0, 0.1) is 6.92 Å². The molecule has 158 valence electrons. The summed E-state index contributed by atoms with van der Waals surface area (Å²) in [5.74, 6) is 0.265. The van der Waals surface area contributed by atoms with Crippen molar-refractivity contribution in [3.63, 3.8) is 0 Å². The van der Waals surface area contributed by atoms with Gasteiger partial charge in [-0.3, -0.25) is 14.5 Å². The van der Waals surface area contributed by atoms with Gasteiger partial charge in [0.15, 0.2) is 0 Å². The number of imide groups is 1. The second-order valence-corrected chi connectivity index (χ2v) is 8.00. The summed E-state index contributed by atoms with van der Waals surface area (Å²) in [6.07, 6.45) is 0.947. The van der Waals surface area contributed by atoms with Gasteiger partial charge in [0.2, 0.25) is 5.91 Å². The number of carbonyl (C=O) groups is 3. The van der Waals surface area contributed by atoms with E-state index in [2.05, 4.69) is 26.6 Å². The highest BCUT2D eigenvalue weighted by Crippen LogP contribution is 2.20. The van der Waals surface area contributed by atoms with E-state index in [4.69, 9.17) is 4.74 Å². The maximum absolute atomic E-state index is 12.6. The van der Waals surface area contributed by atoms with Gasteiger partial charge < -0.3 is 15.4 Å². The number of nitrogens with one attached hydrogen (secondary N) is 2. The summed E-state index contributed by atoms with van der Waals surface area (Å²) >= 11 is 3.42. The van der Waals surface area contributed by atoms with Crippen molar-refractivity contribution in [2.75, 3.05) is 19.0 Å². The minimum absolute atomic E-state index is 0.137. The average Bonchev–Trinajstić information content (AvgIpc) is 3.01. The van der Waals surface area contributed by atoms with Crippen LogP contribution in [-0.4, -0.2) is 42.4 Å². The molecule has 2 N–H and O–H groups in total. The first kappa shape index (κ1) is 21.8. The average molecular weight is 474 g/mol. The number of ether oxygens (including phenoxy) is 1. The van der Waals surface area contributed by atoms with Crippen LogP contribution in [0.4, 0.5) is 10.5 Å². The molecule has 1 fully saturated rings. The fourth-order valence-corrected chi connectivity index (χ4v) is 3.49. The van der Waals surface area contributed by atoms with Crippen molar-refractivity contribution in [1.29, 1.82) is 0 Å². The van der Waals surface area contributed by atoms with Gasteiger partial charge in [-0.1, -0.05) is 28.1 Å². The van der Waals surface area contributed by atoms with Crippen LogP contribution in [0.5, 0.6) is 5.75 Å². The van der Waals surface area contributed by atoms with Crippen molar-refractivity contribution in [1.82, 2.24) is 10.2 Å². The number of methoxy groups -OCH3 is 1. The molecule has 0 aliphatic carbocycles. The summed E-state index contributed by atoms with van der Waals surface area (Å²) < 4.78 is 6.09. The molecule has 30 heavy (non-hydrogen) atoms. The predicted molar refractivity (Wildman–Crippen MR) is 117 cm³/mol. The van der Waals surface area contributed by atoms with Gasteiger partial charge in [-0.15, -0.1) is 0 Å². The smallest absolute Gasteiger partial charge is 0.324 e. The lowest BCUT2D eigenvalue weighted by atomic mass is 10.1. The Morgan fingerprint density at radius 3 is 2.60 bits per heavy atom. The third kappa shape index (κ3) is 5.38. The van der Waals surface area contributed by atoms with Crippen LogP contribution in [0.2, 0.25) is 0 Å². The Morgan fingerprint density at radius 2 is 1.93 bits per heavy atom. The second kappa shape index (κ2) is 9.75. The van der Waals surface area contributed by atoms with Crippen LogP contribution in [0.3, 0.4) is 0 Å². The van der Waals surface area contributed by atoms with Crippen LogP contribution >= 0.6 is 15.9 Å². The van der Waals surface area contributed by atoms with Gasteiger partial charge in [0, 0.05) is 23.1 Å². The van der Waals surface area contributed by atoms with E-state index < -0.39 is 12.1 Å². The number of urea groups is 1. The Hall–Kier alpha value is -2.87. The lowest BCUT2D eigenvalue weighted by Crippen LogP contribution is -2.33. The molecule has 1 unspecified atom stereocenters. The largest absolute Gasteiger partial charge is 0.497 e. The zero-order valence-electron chi connectivity index (χ0n) is 16.9. The van der Waals surface area contributed by atoms with Crippen LogP contribution in [0.25, 0.3) is 0 Å². The molecule has 1 aliphatic rings. The first-order valence-electron chi connectivity index (χ1n) is 9.68. The maximum Gasteiger partial charge on any atom is 0.324 e. The molecule has 3 rings (SSSR count). The molecule has 2 aromatic carbocycles. The standard InChI is InChI=1S/C22H24BrN3O4/c1-14-13-16(5-8-18(14)23)24-20(27)10-9-19-21(28)26(22(29)25-19)12-11-15-3-6-17(30-2)7-4-15/h3-8,13,19H,9-12H2,1-2H3,(H,24,27)(H,25,29). The zero-order valence-corrected chi connectivity index (χ0v) is 18.5. The number of hydrogen-bond acceptors (Lipinski definition) is 4. The summed E-state index contributed by atoms with van der Waals surface area (Å²) in [6.45, 7) is 2.23. The van der Waals surface area contributed by atoms with Gasteiger partial charge in [0.25, 0.3) is 5.91 Å². The highest BCUT2D eigenvalue weighted by Gasteiger charge is 2.37. The molecule has 1 saturated heterocycles. The second-order valence-electron chi connectivity index (χ2n) is 7.14. The van der Waals surface area contributed by atoms with Crippen molar-refractivity contribution < 1.29 is 19.1 Å². The fraction of sp³-hybridized carbons (Fsp3) is 0.318. The minimum Gasteiger partial charge on any atom is -0.497 e. The molecular formula is C22H24BrN3O4. The molecule has 8 heteroatoms. The zero-order chi connectivity index (χ0) is 21.7. The Kier molecular flexibility index (Phi) is 7.10. The summed E-state index contributed by atoms with van der Waals surface area (Å²) in [7, 11) is 1.60. The van der Waals surface area contributed by atoms with E-state index in [0.29, 0.717) is 12.1 Å². The molecule has 0 saturated carbocycles. The van der Waals surface area contributed by atoms with Crippen LogP contribution < -0.4 is 15.4 Å². The third-order valence-electron chi connectivity index (χ3n) is 4.99. The van der Waals surface area contributed by atoms with Crippen molar-refractivity contribution in [3.8, 4) is 5.75 Å². The van der Waals surface area contributed by atoms with Gasteiger partial charge in [-0.25, -0.2) is 4.79 Å². The Morgan fingerprint density at radius 1 is 1.20 bits per heavy atom. The summed E-state index contributed by atoms with van der Waals surface area (Å²) in [6, 6.07) is 11.9. The van der Waals surface area contributed by atoms with E-state index in [0.717, 1.165) is 21.3 Å². The van der Waals surface area contributed by atoms with Gasteiger partial charge in [0.1, 0.15) is 11.8 Å². The Bertz CT molecular complexity index is 946. The van der Waals surface area contributed by atoms with Gasteiger partial charge >= 0.3 is 6.03 Å². The van der Waals surface area contributed by atoms with E-state index in [1.165, 1.54) is 4.90 Å². The number of carbonyl (C=O) groups excluding carboxylic acids is 3. The van der Waals surface area contributed by atoms with Crippen molar-refractivity contribution in [2.24, 2.45) is 0 Å². The van der Waals surface area contributed by atoms with E-state index in [1.807, 2.05) is 43.3 Å². The van der Waals surface area contributed by atoms with E-state index in [-0.39, 0.29) is 31.2 Å². The number of hydrogen-bond donors (Lipinski definition) is 2. The molecule has 0 bridgehead atoms. The summed E-state index contributed by atoms with van der Waals surface area (Å²) in [4.78, 5) is 38.2. The Labute approximate surface area is 183 Å². The minimum atomic E-state index is -0.675. The van der Waals surface area contributed by atoms with E-state index in [9.17, 15) is 14.4 Å². The first-order chi connectivity index (χ1) is 14.4. The Balaban J connectivity index is 1.48. The SMILES string of the molecule is COc1ccc(CCN2C(=O)NC(CCC(=O)Nc3ccc(Br)c(C)c3)C2=O)cc1. The lowest BCUT2D eigenvalue weighted by Gasteiger charge is -2.13. The third-order valence-corrected chi connectivity index (χ3v) is 5.88. The molecule has 1 atom stereocenters. The highest BCUT2D eigenvalue weighted by atomic mass is 79.9. The van der Waals surface area contributed by atoms with Crippen LogP contribution in [-0.2, 0) is 16.0 Å². The molecule has 0 radical (unpaired) electrons. The monoisotopic (exact) mass is 473 g/mol. The molecular weight excluding hydrogens is 450 g/mol. The maximum atomic E-state index is 12.6. The number of rotatable bonds is 8. The number of halogens is 1. The molecule has 4 amide bonds. The molecule has 0 spiro atoms. The van der Waals surface area contributed by atoms with E-state index in [1.54, 1.807) is 13.2 Å². The van der Waals surface area contributed by atoms with Gasteiger partial charge in [-0.2, -0.15) is 0 Å². The van der Waals surface area contributed by atoms with E-state index >= 15 is 0 Å². The normalized spacial score (nSPS) is 15.8. The molecule has 1 aliphatic heterocycles. The summed E-state index contributed by atoms with van der Waals surface area (Å²) in [5.41, 5.74) is 2.71. The molecule has 2 aromatic rings. The van der Waals surface area contributed by atoms with Gasteiger partial charge in [-0.05, 0) is 61.2 Å². The highest BCUT2D eigenvalue weighted by molar-refractivity contribution is 9.10. The van der Waals surface area contributed by atoms with Gasteiger partial charge in [0.05, 0.1) is 7.11 Å². The number of amides is 4. The topological polar surface area (TPSA) is 87.7 Å². The first-order valence-corrected chi connectivity index (χ1v) is 10.5. The number of aryl methyl sites for hydroxylation is 1. The number of anilines is 1. The van der Waals surface area contributed by atoms with Crippen molar-refractivity contribution in [3.05, 3.63) is 58.1 Å². The van der Waals surface area contributed by atoms with Crippen molar-refractivity contribution in [2.45, 2.75) is 32.2 Å². The van der Waals surface area contributed by atoms with Crippen LogP contribution in [0.1, 0.15) is 24.0 Å². The van der Waals surface area contributed by atoms with Crippen LogP contribution in [0.15, 0.2) is 46.9 Å². The van der Waals surface area contributed by atoms with Crippen molar-refractivity contribution >= 4 is 39.5 Å². The predicted octanol–water partition coefficient (Wildman–Crippen LogP) is 3.65. The lowest BCUT2D eigenvalue weighted by molar-refractivity contribution is -0.127. The number of benzene rings is 2. The number of nitrogens with zero attached hydrogens (tertiary/aromatic N) is 1. The molecule has 0 aromatic heterocycles. The fourth-order valence-electron chi connectivity index (χ4n) is 3.24. The molecule has 1 heterocycles. The quantitative estimate of drug-likeness (QED) is 0.572. The molecule has 7 nitrogen and oxygen atoms in total. The summed E-state index contributed by atoms with van der Waals surface area (Å²) in [5, 5.41) is 5.49.